The van der Waals surface area contributed by atoms with Crippen molar-refractivity contribution in [2.45, 2.75) is 58.8 Å². The van der Waals surface area contributed by atoms with Gasteiger partial charge in [-0.05, 0) is 44.4 Å². The molecule has 1 saturated carbocycles. The van der Waals surface area contributed by atoms with Crippen LogP contribution in [0, 0.1) is 12.8 Å². The SMILES string of the molecule is CC1=Nc2ccc(C)cc2/C1=C/c1c(N)n2nc(CCC3CCCCC3)sc2nc1=O. The number of benzene rings is 1. The van der Waals surface area contributed by atoms with Crippen molar-refractivity contribution in [3.8, 4) is 0 Å². The highest BCUT2D eigenvalue weighted by atomic mass is 32.1. The number of nitrogens with zero attached hydrogens (tertiary/aromatic N) is 4. The summed E-state index contributed by atoms with van der Waals surface area (Å²) in [5, 5.41) is 5.69. The molecule has 5 rings (SSSR count). The largest absolute Gasteiger partial charge is 0.383 e. The minimum absolute atomic E-state index is 0.318. The normalized spacial score (nSPS) is 18.0. The number of aryl methyl sites for hydroxylation is 2. The number of aromatic nitrogens is 3. The van der Waals surface area contributed by atoms with E-state index in [0.29, 0.717) is 16.3 Å². The Hall–Kier alpha value is -2.80. The number of fused-ring (bicyclic) bond motifs is 2. The molecule has 6 nitrogen and oxygen atoms in total. The summed E-state index contributed by atoms with van der Waals surface area (Å²) >= 11 is 1.47. The predicted molar refractivity (Wildman–Crippen MR) is 128 cm³/mol. The van der Waals surface area contributed by atoms with E-state index in [0.717, 1.165) is 51.9 Å². The van der Waals surface area contributed by atoms with Crippen molar-refractivity contribution in [2.24, 2.45) is 10.9 Å². The van der Waals surface area contributed by atoms with E-state index in [1.807, 2.05) is 32.1 Å². The van der Waals surface area contributed by atoms with Crippen LogP contribution >= 0.6 is 11.3 Å². The van der Waals surface area contributed by atoms with E-state index >= 15 is 0 Å². The molecule has 2 N–H and O–H groups in total. The maximum Gasteiger partial charge on any atom is 0.283 e. The molecule has 0 amide bonds. The van der Waals surface area contributed by atoms with E-state index in [2.05, 4.69) is 16.0 Å². The van der Waals surface area contributed by atoms with Crippen LogP contribution in [-0.4, -0.2) is 20.3 Å². The summed E-state index contributed by atoms with van der Waals surface area (Å²) < 4.78 is 1.63. The molecule has 31 heavy (non-hydrogen) atoms. The summed E-state index contributed by atoms with van der Waals surface area (Å²) in [5.74, 6) is 1.14. The van der Waals surface area contributed by atoms with Crippen molar-refractivity contribution in [1.29, 1.82) is 0 Å². The summed E-state index contributed by atoms with van der Waals surface area (Å²) in [4.78, 5) is 22.3. The van der Waals surface area contributed by atoms with Gasteiger partial charge in [-0.3, -0.25) is 9.79 Å². The zero-order valence-electron chi connectivity index (χ0n) is 18.0. The minimum atomic E-state index is -0.318. The van der Waals surface area contributed by atoms with Crippen LogP contribution in [0.15, 0.2) is 28.0 Å². The highest BCUT2D eigenvalue weighted by Gasteiger charge is 2.21. The third kappa shape index (κ3) is 3.82. The minimum Gasteiger partial charge on any atom is -0.383 e. The zero-order valence-corrected chi connectivity index (χ0v) is 18.8. The molecule has 3 heterocycles. The van der Waals surface area contributed by atoms with E-state index in [4.69, 9.17) is 10.8 Å². The molecule has 160 valence electrons. The van der Waals surface area contributed by atoms with Crippen molar-refractivity contribution < 1.29 is 0 Å². The topological polar surface area (TPSA) is 85.6 Å². The van der Waals surface area contributed by atoms with Crippen LogP contribution in [0.25, 0.3) is 16.6 Å². The van der Waals surface area contributed by atoms with Crippen molar-refractivity contribution >= 4 is 45.2 Å². The second-order valence-electron chi connectivity index (χ2n) is 8.72. The quantitative estimate of drug-likeness (QED) is 0.613. The molecule has 3 aromatic rings. The number of hydrogen-bond acceptors (Lipinski definition) is 6. The van der Waals surface area contributed by atoms with Crippen LogP contribution in [-0.2, 0) is 6.42 Å². The van der Waals surface area contributed by atoms with Gasteiger partial charge in [0.15, 0.2) is 0 Å². The number of nitrogens with two attached hydrogens (primary N) is 1. The first-order chi connectivity index (χ1) is 15.0. The van der Waals surface area contributed by atoms with Gasteiger partial charge in [-0.2, -0.15) is 14.6 Å². The number of allylic oxidation sites excluding steroid dienone is 1. The number of hydrogen-bond donors (Lipinski definition) is 1. The van der Waals surface area contributed by atoms with Gasteiger partial charge in [0.05, 0.1) is 11.3 Å². The fourth-order valence-corrected chi connectivity index (χ4v) is 5.59. The Morgan fingerprint density at radius 2 is 2.03 bits per heavy atom. The predicted octanol–water partition coefficient (Wildman–Crippen LogP) is 5.20. The molecule has 0 unspecified atom stereocenters. The third-order valence-corrected chi connectivity index (χ3v) is 7.40. The van der Waals surface area contributed by atoms with E-state index in [-0.39, 0.29) is 5.56 Å². The zero-order chi connectivity index (χ0) is 21.5. The lowest BCUT2D eigenvalue weighted by molar-refractivity contribution is 0.339. The maximum atomic E-state index is 12.8. The molecule has 2 aromatic heterocycles. The molecule has 0 saturated heterocycles. The fraction of sp³-hybridized carbons (Fsp3) is 0.417. The van der Waals surface area contributed by atoms with Gasteiger partial charge in [0.2, 0.25) is 4.96 Å². The van der Waals surface area contributed by atoms with Gasteiger partial charge in [-0.15, -0.1) is 0 Å². The average Bonchev–Trinajstić information content (AvgIpc) is 3.30. The van der Waals surface area contributed by atoms with Gasteiger partial charge in [0, 0.05) is 23.3 Å². The summed E-state index contributed by atoms with van der Waals surface area (Å²) in [6.07, 6.45) is 10.6. The van der Waals surface area contributed by atoms with E-state index in [1.54, 1.807) is 4.52 Å². The van der Waals surface area contributed by atoms with E-state index in [1.165, 1.54) is 43.4 Å². The van der Waals surface area contributed by atoms with Gasteiger partial charge in [0.1, 0.15) is 10.8 Å². The van der Waals surface area contributed by atoms with Gasteiger partial charge in [-0.25, -0.2) is 0 Å². The molecule has 7 heteroatoms. The van der Waals surface area contributed by atoms with E-state index in [9.17, 15) is 4.79 Å². The molecule has 0 atom stereocenters. The highest BCUT2D eigenvalue weighted by Crippen LogP contribution is 2.36. The molecule has 1 aliphatic heterocycles. The van der Waals surface area contributed by atoms with Crippen LogP contribution in [0.1, 0.15) is 67.1 Å². The molecule has 1 aliphatic carbocycles. The first kappa shape index (κ1) is 20.1. The Bertz CT molecular complexity index is 1280. The van der Waals surface area contributed by atoms with Crippen LogP contribution < -0.4 is 11.3 Å². The molecule has 0 radical (unpaired) electrons. The summed E-state index contributed by atoms with van der Waals surface area (Å²) in [5.41, 5.74) is 11.4. The molecular formula is C24H27N5OS. The second kappa shape index (κ2) is 8.04. The maximum absolute atomic E-state index is 12.8. The molecule has 1 aromatic carbocycles. The molecule has 0 bridgehead atoms. The van der Waals surface area contributed by atoms with Gasteiger partial charge < -0.3 is 5.73 Å². The monoisotopic (exact) mass is 433 g/mol. The Labute approximate surface area is 185 Å². The van der Waals surface area contributed by atoms with Crippen LogP contribution in [0.3, 0.4) is 0 Å². The standard InChI is InChI=1S/C24H27N5OS/c1-14-8-10-20-18(12-14)17(15(2)26-20)13-19-22(25)29-24(27-23(19)30)31-21(28-29)11-9-16-6-4-3-5-7-16/h8,10,12-13,16H,3-7,9,11,25H2,1-2H3/b17-13+. The Morgan fingerprint density at radius 1 is 1.23 bits per heavy atom. The molecule has 1 fully saturated rings. The summed E-state index contributed by atoms with van der Waals surface area (Å²) in [6.45, 7) is 4.00. The molecular weight excluding hydrogens is 406 g/mol. The second-order valence-corrected chi connectivity index (χ2v) is 9.77. The Kier molecular flexibility index (Phi) is 5.22. The summed E-state index contributed by atoms with van der Waals surface area (Å²) in [6, 6.07) is 6.14. The van der Waals surface area contributed by atoms with Crippen molar-refractivity contribution in [2.75, 3.05) is 5.73 Å². The van der Waals surface area contributed by atoms with Gasteiger partial charge in [-0.1, -0.05) is 55.1 Å². The highest BCUT2D eigenvalue weighted by molar-refractivity contribution is 7.16. The first-order valence-electron chi connectivity index (χ1n) is 11.1. The molecule has 2 aliphatic rings. The lowest BCUT2D eigenvalue weighted by atomic mass is 9.86. The Balaban J connectivity index is 1.49. The molecule has 0 spiro atoms. The van der Waals surface area contributed by atoms with Gasteiger partial charge >= 0.3 is 0 Å². The van der Waals surface area contributed by atoms with Crippen LogP contribution in [0.4, 0.5) is 11.5 Å². The van der Waals surface area contributed by atoms with Crippen molar-refractivity contribution in [3.63, 3.8) is 0 Å². The fourth-order valence-electron chi connectivity index (χ4n) is 4.69. The number of rotatable bonds is 4. The van der Waals surface area contributed by atoms with Crippen LogP contribution in [0.2, 0.25) is 0 Å². The lowest BCUT2D eigenvalue weighted by Gasteiger charge is -2.20. The van der Waals surface area contributed by atoms with E-state index < -0.39 is 0 Å². The number of nitrogen functional groups attached to an aromatic ring is 1. The van der Waals surface area contributed by atoms with Crippen molar-refractivity contribution in [1.82, 2.24) is 14.6 Å². The third-order valence-electron chi connectivity index (χ3n) is 6.43. The van der Waals surface area contributed by atoms with Crippen LogP contribution in [0.5, 0.6) is 0 Å². The van der Waals surface area contributed by atoms with Crippen molar-refractivity contribution in [3.05, 3.63) is 50.3 Å². The Morgan fingerprint density at radius 3 is 2.84 bits per heavy atom. The number of anilines is 1. The van der Waals surface area contributed by atoms with Gasteiger partial charge in [0.25, 0.3) is 5.56 Å². The summed E-state index contributed by atoms with van der Waals surface area (Å²) in [7, 11) is 0. The lowest BCUT2D eigenvalue weighted by Crippen LogP contribution is -2.17. The average molecular weight is 434 g/mol. The first-order valence-corrected chi connectivity index (χ1v) is 11.9. The number of aliphatic imine (C=N–C) groups is 1. The smallest absolute Gasteiger partial charge is 0.283 e.